The lowest BCUT2D eigenvalue weighted by atomic mass is 10.1. The van der Waals surface area contributed by atoms with Crippen molar-refractivity contribution in [1.82, 2.24) is 19.8 Å². The van der Waals surface area contributed by atoms with Crippen LogP contribution in [0.3, 0.4) is 0 Å². The largest absolute Gasteiger partial charge is 0.486 e. The average molecular weight is 513 g/mol. The molecule has 0 unspecified atom stereocenters. The number of likely N-dealkylation sites (N-methyl/N-ethyl adjacent to an activating group) is 1. The molecule has 3 aromatic rings. The van der Waals surface area contributed by atoms with Gasteiger partial charge in [0, 0.05) is 55.6 Å². The summed E-state index contributed by atoms with van der Waals surface area (Å²) in [5.41, 5.74) is 1.82. The minimum atomic E-state index is -0.688. The highest BCUT2D eigenvalue weighted by Crippen LogP contribution is 2.39. The Morgan fingerprint density at radius 3 is 2.49 bits per heavy atom. The molecule has 1 fully saturated rings. The van der Waals surface area contributed by atoms with Gasteiger partial charge in [-0.1, -0.05) is 6.07 Å². The van der Waals surface area contributed by atoms with Crippen LogP contribution < -0.4 is 15.0 Å². The first kappa shape index (κ1) is 25.3. The number of anilines is 3. The molecule has 1 aromatic heterocycles. The van der Waals surface area contributed by atoms with Gasteiger partial charge in [0.2, 0.25) is 5.95 Å². The topological polar surface area (TPSA) is 56.8 Å². The van der Waals surface area contributed by atoms with Crippen LogP contribution in [0.4, 0.5) is 30.5 Å². The van der Waals surface area contributed by atoms with Crippen molar-refractivity contribution in [3.05, 3.63) is 59.5 Å². The number of halogens is 3. The van der Waals surface area contributed by atoms with Gasteiger partial charge in [0.25, 0.3) is 0 Å². The molecule has 37 heavy (non-hydrogen) atoms. The van der Waals surface area contributed by atoms with Crippen molar-refractivity contribution in [2.75, 3.05) is 56.6 Å². The Morgan fingerprint density at radius 2 is 1.76 bits per heavy atom. The maximum Gasteiger partial charge on any atom is 0.227 e. The number of nitrogens with one attached hydrogen (secondary N) is 1. The molecule has 7 nitrogen and oxygen atoms in total. The number of fused-ring (bicyclic) bond motifs is 1. The monoisotopic (exact) mass is 512 g/mol. The lowest BCUT2D eigenvalue weighted by molar-refractivity contribution is 0.147. The van der Waals surface area contributed by atoms with E-state index in [1.807, 2.05) is 18.7 Å². The molecule has 0 bridgehead atoms. The van der Waals surface area contributed by atoms with E-state index in [0.29, 0.717) is 36.6 Å². The van der Waals surface area contributed by atoms with Crippen LogP contribution >= 0.6 is 0 Å². The summed E-state index contributed by atoms with van der Waals surface area (Å²) in [6, 6.07) is 7.87. The van der Waals surface area contributed by atoms with Gasteiger partial charge in [-0.05, 0) is 45.2 Å². The number of hydrogen-bond donors (Lipinski definition) is 1. The van der Waals surface area contributed by atoms with E-state index in [1.165, 1.54) is 12.1 Å². The van der Waals surface area contributed by atoms with Crippen molar-refractivity contribution < 1.29 is 17.9 Å². The van der Waals surface area contributed by atoms with Gasteiger partial charge >= 0.3 is 0 Å². The van der Waals surface area contributed by atoms with Crippen LogP contribution in [0.2, 0.25) is 0 Å². The molecule has 196 valence electrons. The molecule has 0 atom stereocenters. The van der Waals surface area contributed by atoms with Gasteiger partial charge in [0.05, 0.1) is 18.4 Å². The van der Waals surface area contributed by atoms with Crippen LogP contribution in [0.25, 0.3) is 11.3 Å². The molecule has 0 aliphatic carbocycles. The van der Waals surface area contributed by atoms with Crippen molar-refractivity contribution in [1.29, 1.82) is 0 Å². The quantitative estimate of drug-likeness (QED) is 0.516. The molecule has 2 aromatic carbocycles. The predicted octanol–water partition coefficient (Wildman–Crippen LogP) is 4.66. The SMILES string of the molecule is CC(C)N1CCOc2c(F)cc(-c3nc(Nc4ccc(CN5CCN(C)CC5)c(F)c4)ncc3F)cc21. The molecule has 2 aliphatic heterocycles. The fourth-order valence-corrected chi connectivity index (χ4v) is 4.73. The maximum atomic E-state index is 14.9. The third-order valence-electron chi connectivity index (χ3n) is 6.85. The number of benzene rings is 2. The van der Waals surface area contributed by atoms with Gasteiger partial charge < -0.3 is 19.9 Å². The van der Waals surface area contributed by atoms with Crippen LogP contribution in [0.15, 0.2) is 36.5 Å². The van der Waals surface area contributed by atoms with Crippen molar-refractivity contribution in [3.63, 3.8) is 0 Å². The van der Waals surface area contributed by atoms with E-state index in [9.17, 15) is 13.2 Å². The van der Waals surface area contributed by atoms with Crippen molar-refractivity contribution >= 4 is 17.3 Å². The standard InChI is InChI=1S/C27H31F3N6O/c1-17(2)36-10-11-37-26-22(29)12-19(13-24(26)36)25-23(30)15-31-27(33-25)32-20-5-4-18(21(28)14-20)16-35-8-6-34(3)7-9-35/h4-5,12-15,17H,6-11,16H2,1-3H3,(H,31,32,33). The van der Waals surface area contributed by atoms with Crippen LogP contribution in [-0.2, 0) is 6.54 Å². The number of hydrogen-bond acceptors (Lipinski definition) is 7. The van der Waals surface area contributed by atoms with Gasteiger partial charge in [-0.2, -0.15) is 0 Å². The fraction of sp³-hybridized carbons (Fsp3) is 0.407. The molecule has 0 saturated carbocycles. The number of nitrogens with zero attached hydrogens (tertiary/aromatic N) is 5. The van der Waals surface area contributed by atoms with E-state index < -0.39 is 11.6 Å². The van der Waals surface area contributed by atoms with Crippen molar-refractivity contribution in [2.24, 2.45) is 0 Å². The van der Waals surface area contributed by atoms with E-state index in [4.69, 9.17) is 4.74 Å². The van der Waals surface area contributed by atoms with Crippen molar-refractivity contribution in [2.45, 2.75) is 26.4 Å². The molecule has 0 amide bonds. The summed E-state index contributed by atoms with van der Waals surface area (Å²) in [7, 11) is 2.08. The number of ether oxygens (including phenoxy) is 1. The summed E-state index contributed by atoms with van der Waals surface area (Å²) < 4.78 is 50.1. The zero-order valence-electron chi connectivity index (χ0n) is 21.3. The molecular formula is C27H31F3N6O. The lowest BCUT2D eigenvalue weighted by Gasteiger charge is -2.34. The Hall–Kier alpha value is -3.37. The van der Waals surface area contributed by atoms with E-state index in [2.05, 4.69) is 32.1 Å². The zero-order chi connectivity index (χ0) is 26.1. The molecule has 10 heteroatoms. The Bertz CT molecular complexity index is 1280. The van der Waals surface area contributed by atoms with Crippen LogP contribution in [-0.4, -0.2) is 72.2 Å². The maximum absolute atomic E-state index is 14.9. The minimum absolute atomic E-state index is 0.0550. The van der Waals surface area contributed by atoms with Crippen LogP contribution in [0.5, 0.6) is 5.75 Å². The Kier molecular flexibility index (Phi) is 7.21. The summed E-state index contributed by atoms with van der Waals surface area (Å²) in [5, 5.41) is 2.94. The Labute approximate surface area is 214 Å². The molecular weight excluding hydrogens is 481 g/mol. The number of piperazine rings is 1. The molecule has 1 saturated heterocycles. The van der Waals surface area contributed by atoms with Gasteiger partial charge in [-0.15, -0.1) is 0 Å². The van der Waals surface area contributed by atoms with E-state index >= 15 is 0 Å². The van der Waals surface area contributed by atoms with E-state index in [1.54, 1.807) is 18.2 Å². The highest BCUT2D eigenvalue weighted by molar-refractivity contribution is 5.73. The second-order valence-electron chi connectivity index (χ2n) is 9.84. The fourth-order valence-electron chi connectivity index (χ4n) is 4.73. The number of aromatic nitrogens is 2. The zero-order valence-corrected chi connectivity index (χ0v) is 21.3. The van der Waals surface area contributed by atoms with E-state index in [-0.39, 0.29) is 34.8 Å². The summed E-state index contributed by atoms with van der Waals surface area (Å²) in [6.07, 6.45) is 1.02. The molecule has 2 aliphatic rings. The molecule has 0 radical (unpaired) electrons. The van der Waals surface area contributed by atoms with E-state index in [0.717, 1.165) is 32.4 Å². The molecule has 0 spiro atoms. The smallest absolute Gasteiger partial charge is 0.227 e. The number of rotatable bonds is 6. The Morgan fingerprint density at radius 1 is 0.973 bits per heavy atom. The van der Waals surface area contributed by atoms with Gasteiger partial charge in [-0.3, -0.25) is 4.90 Å². The highest BCUT2D eigenvalue weighted by Gasteiger charge is 2.26. The van der Waals surface area contributed by atoms with Gasteiger partial charge in [-0.25, -0.2) is 23.1 Å². The third-order valence-corrected chi connectivity index (χ3v) is 6.85. The van der Waals surface area contributed by atoms with Crippen LogP contribution in [0.1, 0.15) is 19.4 Å². The van der Waals surface area contributed by atoms with Gasteiger partial charge in [0.15, 0.2) is 17.4 Å². The molecule has 5 rings (SSSR count). The average Bonchev–Trinajstić information content (AvgIpc) is 2.87. The van der Waals surface area contributed by atoms with Crippen LogP contribution in [0, 0.1) is 17.5 Å². The minimum Gasteiger partial charge on any atom is -0.486 e. The summed E-state index contributed by atoms with van der Waals surface area (Å²) in [6.45, 7) is 9.23. The third kappa shape index (κ3) is 5.50. The molecule has 3 heterocycles. The first-order valence-corrected chi connectivity index (χ1v) is 12.5. The predicted molar refractivity (Wildman–Crippen MR) is 138 cm³/mol. The Balaban J connectivity index is 1.37. The van der Waals surface area contributed by atoms with Gasteiger partial charge in [0.1, 0.15) is 18.1 Å². The lowest BCUT2D eigenvalue weighted by Crippen LogP contribution is -2.44. The second kappa shape index (κ2) is 10.5. The highest BCUT2D eigenvalue weighted by atomic mass is 19.1. The molecule has 1 N–H and O–H groups in total. The second-order valence-corrected chi connectivity index (χ2v) is 9.84. The first-order valence-electron chi connectivity index (χ1n) is 12.5. The van der Waals surface area contributed by atoms with Crippen molar-refractivity contribution in [3.8, 4) is 17.0 Å². The summed E-state index contributed by atoms with van der Waals surface area (Å²) in [4.78, 5) is 14.8. The normalized spacial score (nSPS) is 16.6. The first-order chi connectivity index (χ1) is 17.8. The summed E-state index contributed by atoms with van der Waals surface area (Å²) >= 11 is 0. The summed E-state index contributed by atoms with van der Waals surface area (Å²) in [5.74, 6) is -1.37.